The number of rotatable bonds is 4. The normalized spacial score (nSPS) is 19.3. The number of amides is 1. The van der Waals surface area contributed by atoms with Gasteiger partial charge in [-0.15, -0.1) is 0 Å². The summed E-state index contributed by atoms with van der Waals surface area (Å²) in [4.78, 5) is 16.0. The Labute approximate surface area is 107 Å². The molecule has 0 saturated carbocycles. The summed E-state index contributed by atoms with van der Waals surface area (Å²) >= 11 is 0. The Morgan fingerprint density at radius 1 is 1.67 bits per heavy atom. The van der Waals surface area contributed by atoms with Crippen molar-refractivity contribution in [2.24, 2.45) is 5.92 Å². The number of nitrogens with zero attached hydrogens (tertiary/aromatic N) is 1. The molecule has 18 heavy (non-hydrogen) atoms. The second kappa shape index (κ2) is 6.35. The molecule has 0 radical (unpaired) electrons. The van der Waals surface area contributed by atoms with Crippen LogP contribution in [0.2, 0.25) is 0 Å². The van der Waals surface area contributed by atoms with Crippen LogP contribution in [0.3, 0.4) is 0 Å². The van der Waals surface area contributed by atoms with Gasteiger partial charge < -0.3 is 15.4 Å². The first kappa shape index (κ1) is 12.8. The van der Waals surface area contributed by atoms with E-state index in [1.807, 2.05) is 12.1 Å². The molecule has 0 aliphatic carbocycles. The third-order valence-electron chi connectivity index (χ3n) is 3.14. The molecule has 1 unspecified atom stereocenters. The standard InChI is InChI=1S/C13H19N3O2/c1-18-12-7-10(4-6-15-12)8-16-13(17)11-3-2-5-14-9-11/h4,6-7,11,14H,2-3,5,8-9H2,1H3,(H,16,17). The summed E-state index contributed by atoms with van der Waals surface area (Å²) < 4.78 is 5.04. The average molecular weight is 249 g/mol. The van der Waals surface area contributed by atoms with Crippen molar-refractivity contribution in [3.05, 3.63) is 23.9 Å². The maximum absolute atomic E-state index is 11.9. The molecule has 2 heterocycles. The van der Waals surface area contributed by atoms with Crippen molar-refractivity contribution >= 4 is 5.91 Å². The number of piperidine rings is 1. The summed E-state index contributed by atoms with van der Waals surface area (Å²) in [6, 6.07) is 3.71. The first-order chi connectivity index (χ1) is 8.79. The van der Waals surface area contributed by atoms with Crippen molar-refractivity contribution in [1.82, 2.24) is 15.6 Å². The van der Waals surface area contributed by atoms with Crippen LogP contribution in [0.4, 0.5) is 0 Å². The van der Waals surface area contributed by atoms with E-state index < -0.39 is 0 Å². The van der Waals surface area contributed by atoms with Crippen molar-refractivity contribution in [2.75, 3.05) is 20.2 Å². The number of pyridine rings is 1. The molecule has 98 valence electrons. The minimum Gasteiger partial charge on any atom is -0.481 e. The molecule has 1 aromatic rings. The number of ether oxygens (including phenoxy) is 1. The van der Waals surface area contributed by atoms with E-state index >= 15 is 0 Å². The maximum Gasteiger partial charge on any atom is 0.224 e. The highest BCUT2D eigenvalue weighted by molar-refractivity contribution is 5.78. The highest BCUT2D eigenvalue weighted by Gasteiger charge is 2.20. The van der Waals surface area contributed by atoms with Gasteiger partial charge in [-0.25, -0.2) is 4.98 Å². The molecular weight excluding hydrogens is 230 g/mol. The molecular formula is C13H19N3O2. The van der Waals surface area contributed by atoms with Crippen molar-refractivity contribution in [3.63, 3.8) is 0 Å². The summed E-state index contributed by atoms with van der Waals surface area (Å²) in [6.07, 6.45) is 3.72. The molecule has 5 heteroatoms. The second-order valence-electron chi connectivity index (χ2n) is 4.47. The molecule has 1 saturated heterocycles. The van der Waals surface area contributed by atoms with Crippen molar-refractivity contribution in [1.29, 1.82) is 0 Å². The van der Waals surface area contributed by atoms with E-state index in [0.29, 0.717) is 12.4 Å². The van der Waals surface area contributed by atoms with Crippen LogP contribution < -0.4 is 15.4 Å². The van der Waals surface area contributed by atoms with E-state index in [1.165, 1.54) is 0 Å². The van der Waals surface area contributed by atoms with Crippen LogP contribution in [0.25, 0.3) is 0 Å². The molecule has 5 nitrogen and oxygen atoms in total. The van der Waals surface area contributed by atoms with E-state index in [1.54, 1.807) is 13.3 Å². The second-order valence-corrected chi connectivity index (χ2v) is 4.47. The van der Waals surface area contributed by atoms with Crippen LogP contribution in [0.1, 0.15) is 18.4 Å². The summed E-state index contributed by atoms with van der Waals surface area (Å²) in [5.74, 6) is 0.793. The van der Waals surface area contributed by atoms with Crippen LogP contribution in [0, 0.1) is 5.92 Å². The van der Waals surface area contributed by atoms with Gasteiger partial charge in [-0.3, -0.25) is 4.79 Å². The third kappa shape index (κ3) is 3.43. The fourth-order valence-corrected chi connectivity index (χ4v) is 2.08. The molecule has 2 N–H and O–H groups in total. The number of methoxy groups -OCH3 is 1. The first-order valence-electron chi connectivity index (χ1n) is 6.27. The number of aromatic nitrogens is 1. The van der Waals surface area contributed by atoms with E-state index in [-0.39, 0.29) is 11.8 Å². The van der Waals surface area contributed by atoms with E-state index in [2.05, 4.69) is 15.6 Å². The molecule has 1 amide bonds. The minimum atomic E-state index is 0.0995. The highest BCUT2D eigenvalue weighted by Crippen LogP contribution is 2.11. The zero-order valence-electron chi connectivity index (χ0n) is 10.6. The molecule has 0 spiro atoms. The Balaban J connectivity index is 1.84. The van der Waals surface area contributed by atoms with E-state index in [9.17, 15) is 4.79 Å². The number of hydrogen-bond donors (Lipinski definition) is 2. The summed E-state index contributed by atoms with van der Waals surface area (Å²) in [7, 11) is 1.58. The predicted octanol–water partition coefficient (Wildman–Crippen LogP) is 0.706. The topological polar surface area (TPSA) is 63.2 Å². The van der Waals surface area contributed by atoms with Crippen LogP contribution in [-0.2, 0) is 11.3 Å². The lowest BCUT2D eigenvalue weighted by atomic mass is 9.99. The van der Waals surface area contributed by atoms with Crippen LogP contribution in [0.15, 0.2) is 18.3 Å². The van der Waals surface area contributed by atoms with Gasteiger partial charge in [-0.2, -0.15) is 0 Å². The van der Waals surface area contributed by atoms with Crippen molar-refractivity contribution in [2.45, 2.75) is 19.4 Å². The first-order valence-corrected chi connectivity index (χ1v) is 6.27. The van der Waals surface area contributed by atoms with E-state index in [0.717, 1.165) is 31.5 Å². The largest absolute Gasteiger partial charge is 0.481 e. The molecule has 0 bridgehead atoms. The van der Waals surface area contributed by atoms with Gasteiger partial charge in [0.05, 0.1) is 13.0 Å². The lowest BCUT2D eigenvalue weighted by Gasteiger charge is -2.21. The Kier molecular flexibility index (Phi) is 4.52. The van der Waals surface area contributed by atoms with Gasteiger partial charge in [-0.05, 0) is 31.0 Å². The Morgan fingerprint density at radius 3 is 3.28 bits per heavy atom. The van der Waals surface area contributed by atoms with Gasteiger partial charge in [0.25, 0.3) is 0 Å². The molecule has 1 atom stereocenters. The zero-order valence-corrected chi connectivity index (χ0v) is 10.6. The van der Waals surface area contributed by atoms with Gasteiger partial charge in [-0.1, -0.05) is 0 Å². The number of carbonyl (C=O) groups is 1. The summed E-state index contributed by atoms with van der Waals surface area (Å²) in [5.41, 5.74) is 0.999. The molecule has 0 aromatic carbocycles. The minimum absolute atomic E-state index is 0.0995. The van der Waals surface area contributed by atoms with Crippen molar-refractivity contribution in [3.8, 4) is 5.88 Å². The fourth-order valence-electron chi connectivity index (χ4n) is 2.08. The van der Waals surface area contributed by atoms with Crippen LogP contribution in [-0.4, -0.2) is 31.1 Å². The number of hydrogen-bond acceptors (Lipinski definition) is 4. The SMILES string of the molecule is COc1cc(CNC(=O)C2CCCNC2)ccn1. The number of nitrogens with one attached hydrogen (secondary N) is 2. The lowest BCUT2D eigenvalue weighted by Crippen LogP contribution is -2.40. The smallest absolute Gasteiger partial charge is 0.224 e. The van der Waals surface area contributed by atoms with Gasteiger partial charge in [0.15, 0.2) is 0 Å². The molecule has 1 fully saturated rings. The summed E-state index contributed by atoms with van der Waals surface area (Å²) in [5, 5.41) is 6.20. The maximum atomic E-state index is 11.9. The molecule has 2 rings (SSSR count). The van der Waals surface area contributed by atoms with Gasteiger partial charge in [0.2, 0.25) is 11.8 Å². The third-order valence-corrected chi connectivity index (χ3v) is 3.14. The van der Waals surface area contributed by atoms with Crippen LogP contribution in [0.5, 0.6) is 5.88 Å². The predicted molar refractivity (Wildman–Crippen MR) is 68.2 cm³/mol. The highest BCUT2D eigenvalue weighted by atomic mass is 16.5. The van der Waals surface area contributed by atoms with Gasteiger partial charge in [0, 0.05) is 25.4 Å². The molecule has 1 aliphatic rings. The quantitative estimate of drug-likeness (QED) is 0.825. The number of carbonyl (C=O) groups excluding carboxylic acids is 1. The monoisotopic (exact) mass is 249 g/mol. The van der Waals surface area contributed by atoms with E-state index in [4.69, 9.17) is 4.74 Å². The molecule has 1 aliphatic heterocycles. The fraction of sp³-hybridized carbons (Fsp3) is 0.538. The molecule has 1 aromatic heterocycles. The zero-order chi connectivity index (χ0) is 12.8. The Hall–Kier alpha value is -1.62. The van der Waals surface area contributed by atoms with Gasteiger partial charge in [0.1, 0.15) is 0 Å². The summed E-state index contributed by atoms with van der Waals surface area (Å²) in [6.45, 7) is 2.32. The Morgan fingerprint density at radius 2 is 2.56 bits per heavy atom. The Bertz CT molecular complexity index is 403. The average Bonchev–Trinajstić information content (AvgIpc) is 2.46. The van der Waals surface area contributed by atoms with Gasteiger partial charge >= 0.3 is 0 Å². The lowest BCUT2D eigenvalue weighted by molar-refractivity contribution is -0.125. The van der Waals surface area contributed by atoms with Crippen molar-refractivity contribution < 1.29 is 9.53 Å². The van der Waals surface area contributed by atoms with Crippen LogP contribution >= 0.6 is 0 Å².